The van der Waals surface area contributed by atoms with Gasteiger partial charge in [-0.2, -0.15) is 0 Å². The molecule has 96 valence electrons. The molecule has 1 aromatic carbocycles. The monoisotopic (exact) mass is 323 g/mol. The molecule has 1 atom stereocenters. The van der Waals surface area contributed by atoms with E-state index >= 15 is 0 Å². The first kappa shape index (κ1) is 14.6. The van der Waals surface area contributed by atoms with Crippen molar-refractivity contribution in [2.45, 2.75) is 30.0 Å². The highest BCUT2D eigenvalue weighted by Crippen LogP contribution is 2.16. The van der Waals surface area contributed by atoms with E-state index in [0.29, 0.717) is 18.5 Å². The molecule has 0 spiro atoms. The fourth-order valence-electron chi connectivity index (χ4n) is 1.38. The maximum Gasteiger partial charge on any atom is 0.240 e. The lowest BCUT2D eigenvalue weighted by atomic mass is 10.2. The molecule has 1 N–H and O–H groups in total. The maximum atomic E-state index is 12.9. The number of hydrogen-bond acceptors (Lipinski definition) is 2. The fraction of sp³-hybridized carbons (Fsp3) is 0.455. The van der Waals surface area contributed by atoms with Crippen LogP contribution in [0.3, 0.4) is 0 Å². The van der Waals surface area contributed by atoms with Gasteiger partial charge in [-0.1, -0.05) is 22.9 Å². The Balaban J connectivity index is 2.83. The van der Waals surface area contributed by atoms with Gasteiger partial charge in [-0.05, 0) is 37.1 Å². The molecule has 0 fully saturated rings. The minimum atomic E-state index is -3.54. The summed E-state index contributed by atoms with van der Waals surface area (Å²) in [4.78, 5) is 0.376. The molecule has 0 saturated carbocycles. The van der Waals surface area contributed by atoms with Crippen molar-refractivity contribution in [2.24, 2.45) is 0 Å². The van der Waals surface area contributed by atoms with Gasteiger partial charge in [-0.15, -0.1) is 0 Å². The zero-order valence-electron chi connectivity index (χ0n) is 9.70. The molecule has 0 aliphatic rings. The number of rotatable bonds is 5. The Morgan fingerprint density at radius 3 is 2.65 bits per heavy atom. The van der Waals surface area contributed by atoms with Gasteiger partial charge < -0.3 is 0 Å². The number of halogens is 2. The summed E-state index contributed by atoms with van der Waals surface area (Å²) in [6, 6.07) is 3.64. The first-order chi connectivity index (χ1) is 7.83. The lowest BCUT2D eigenvalue weighted by Crippen LogP contribution is -2.26. The van der Waals surface area contributed by atoms with Gasteiger partial charge in [0.05, 0.1) is 4.90 Å². The lowest BCUT2D eigenvalue weighted by Gasteiger charge is -2.09. The average Bonchev–Trinajstić information content (AvgIpc) is 2.15. The Kier molecular flexibility index (Phi) is 5.09. The summed E-state index contributed by atoms with van der Waals surface area (Å²) in [5.74, 6) is -0.435. The van der Waals surface area contributed by atoms with Gasteiger partial charge in [0.15, 0.2) is 0 Å². The summed E-state index contributed by atoms with van der Waals surface area (Å²) in [6.07, 6.45) is 0.694. The van der Waals surface area contributed by atoms with Crippen LogP contribution in [0.4, 0.5) is 4.39 Å². The van der Waals surface area contributed by atoms with Crippen molar-refractivity contribution in [3.05, 3.63) is 29.6 Å². The second-order valence-corrected chi connectivity index (χ2v) is 7.18. The smallest absolute Gasteiger partial charge is 0.211 e. The lowest BCUT2D eigenvalue weighted by molar-refractivity contribution is 0.577. The van der Waals surface area contributed by atoms with Crippen molar-refractivity contribution in [1.29, 1.82) is 0 Å². The third-order valence-corrected chi connectivity index (χ3v) is 4.34. The van der Waals surface area contributed by atoms with Crippen molar-refractivity contribution in [2.75, 3.05) is 6.54 Å². The second kappa shape index (κ2) is 5.93. The topological polar surface area (TPSA) is 46.2 Å². The number of nitrogens with one attached hydrogen (secondary N) is 1. The first-order valence-electron chi connectivity index (χ1n) is 5.23. The van der Waals surface area contributed by atoms with Crippen LogP contribution in [-0.4, -0.2) is 19.8 Å². The maximum absolute atomic E-state index is 12.9. The molecule has 1 unspecified atom stereocenters. The summed E-state index contributed by atoms with van der Waals surface area (Å²) < 4.78 is 39.2. The number of alkyl halides is 1. The third-order valence-electron chi connectivity index (χ3n) is 2.26. The Morgan fingerprint density at radius 1 is 1.47 bits per heavy atom. The Labute approximate surface area is 110 Å². The van der Waals surface area contributed by atoms with Crippen LogP contribution in [0, 0.1) is 12.7 Å². The quantitative estimate of drug-likeness (QED) is 0.846. The van der Waals surface area contributed by atoms with Crippen LogP contribution in [0.2, 0.25) is 0 Å². The summed E-state index contributed by atoms with van der Waals surface area (Å²) in [6.45, 7) is 3.87. The zero-order chi connectivity index (χ0) is 13.1. The third kappa shape index (κ3) is 4.37. The van der Waals surface area contributed by atoms with Crippen molar-refractivity contribution >= 4 is 26.0 Å². The van der Waals surface area contributed by atoms with E-state index in [0.717, 1.165) is 6.07 Å². The number of sulfonamides is 1. The van der Waals surface area contributed by atoms with Gasteiger partial charge in [0, 0.05) is 11.4 Å². The minimum absolute atomic E-state index is 0.126. The molecule has 6 heteroatoms. The summed E-state index contributed by atoms with van der Waals surface area (Å²) in [5, 5.41) is 0. The Bertz CT molecular complexity index is 488. The summed E-state index contributed by atoms with van der Waals surface area (Å²) in [7, 11) is -3.54. The predicted octanol–water partition coefficient (Wildman–Crippen LogP) is 2.59. The molecule has 0 amide bonds. The van der Waals surface area contributed by atoms with Crippen LogP contribution in [0.25, 0.3) is 0 Å². The molecule has 0 saturated heterocycles. The average molecular weight is 324 g/mol. The number of aryl methyl sites for hydroxylation is 1. The molecule has 0 aliphatic carbocycles. The number of hydrogen-bond donors (Lipinski definition) is 1. The normalized spacial score (nSPS) is 13.6. The Hall–Kier alpha value is -0.460. The molecule has 17 heavy (non-hydrogen) atoms. The van der Waals surface area contributed by atoms with Crippen LogP contribution in [0.5, 0.6) is 0 Å². The van der Waals surface area contributed by atoms with E-state index in [-0.39, 0.29) is 9.72 Å². The molecule has 1 aromatic rings. The summed E-state index contributed by atoms with van der Waals surface area (Å²) >= 11 is 3.34. The molecule has 0 aliphatic heterocycles. The van der Waals surface area contributed by atoms with Crippen LogP contribution < -0.4 is 4.72 Å². The van der Waals surface area contributed by atoms with Crippen molar-refractivity contribution in [1.82, 2.24) is 4.72 Å². The highest BCUT2D eigenvalue weighted by molar-refractivity contribution is 9.09. The van der Waals surface area contributed by atoms with Crippen molar-refractivity contribution < 1.29 is 12.8 Å². The largest absolute Gasteiger partial charge is 0.240 e. The molecule has 0 radical (unpaired) electrons. The number of benzene rings is 1. The van der Waals surface area contributed by atoms with Crippen molar-refractivity contribution in [3.63, 3.8) is 0 Å². The molecule has 0 heterocycles. The van der Waals surface area contributed by atoms with E-state index < -0.39 is 15.8 Å². The van der Waals surface area contributed by atoms with Crippen LogP contribution in [0.15, 0.2) is 23.1 Å². The van der Waals surface area contributed by atoms with Gasteiger partial charge in [0.25, 0.3) is 0 Å². The first-order valence-corrected chi connectivity index (χ1v) is 7.62. The second-order valence-electron chi connectivity index (χ2n) is 3.88. The van der Waals surface area contributed by atoms with E-state index in [1.165, 1.54) is 12.1 Å². The van der Waals surface area contributed by atoms with Gasteiger partial charge in [-0.3, -0.25) is 0 Å². The van der Waals surface area contributed by atoms with Gasteiger partial charge in [0.1, 0.15) is 5.82 Å². The Morgan fingerprint density at radius 2 is 2.12 bits per heavy atom. The van der Waals surface area contributed by atoms with Gasteiger partial charge >= 0.3 is 0 Å². The molecule has 3 nitrogen and oxygen atoms in total. The molecular formula is C11H15BrFNO2S. The van der Waals surface area contributed by atoms with Crippen LogP contribution in [0.1, 0.15) is 18.9 Å². The van der Waals surface area contributed by atoms with Crippen molar-refractivity contribution in [3.8, 4) is 0 Å². The fourth-order valence-corrected chi connectivity index (χ4v) is 2.89. The highest BCUT2D eigenvalue weighted by Gasteiger charge is 2.16. The van der Waals surface area contributed by atoms with Gasteiger partial charge in [0.2, 0.25) is 10.0 Å². The standard InChI is InChI=1S/C11H15BrFNO2S/c1-8-7-10(13)3-4-11(8)17(15,16)14-6-5-9(2)12/h3-4,7,9,14H,5-6H2,1-2H3. The van der Waals surface area contributed by atoms with E-state index in [9.17, 15) is 12.8 Å². The minimum Gasteiger partial charge on any atom is -0.211 e. The van der Waals surface area contributed by atoms with E-state index in [1.807, 2.05) is 6.92 Å². The summed E-state index contributed by atoms with van der Waals surface area (Å²) in [5.41, 5.74) is 0.407. The molecule has 0 aromatic heterocycles. The molecule has 0 bridgehead atoms. The predicted molar refractivity (Wildman–Crippen MR) is 69.3 cm³/mol. The van der Waals surface area contributed by atoms with Crippen LogP contribution >= 0.6 is 15.9 Å². The highest BCUT2D eigenvalue weighted by atomic mass is 79.9. The van der Waals surface area contributed by atoms with E-state index in [1.54, 1.807) is 6.92 Å². The molecule has 1 rings (SSSR count). The zero-order valence-corrected chi connectivity index (χ0v) is 12.1. The molecular weight excluding hydrogens is 309 g/mol. The van der Waals surface area contributed by atoms with Gasteiger partial charge in [-0.25, -0.2) is 17.5 Å². The van der Waals surface area contributed by atoms with E-state index in [4.69, 9.17) is 0 Å². The van der Waals surface area contributed by atoms with Crippen LogP contribution in [-0.2, 0) is 10.0 Å². The SMILES string of the molecule is Cc1cc(F)ccc1S(=O)(=O)NCCC(C)Br. The van der Waals surface area contributed by atoms with E-state index in [2.05, 4.69) is 20.7 Å².